The third-order valence-electron chi connectivity index (χ3n) is 3.36. The van der Waals surface area contributed by atoms with Crippen molar-refractivity contribution in [3.8, 4) is 0 Å². The molecule has 1 aliphatic rings. The molecule has 2 aromatic rings. The van der Waals surface area contributed by atoms with Gasteiger partial charge in [-0.3, -0.25) is 4.79 Å². The Balaban J connectivity index is 0.00000176. The number of hydrogen-bond acceptors (Lipinski definition) is 4. The first-order chi connectivity index (χ1) is 9.93. The van der Waals surface area contributed by atoms with E-state index in [4.69, 9.17) is 0 Å². The Bertz CT molecular complexity index is 775. The molecule has 1 aliphatic heterocycles. The Labute approximate surface area is 147 Å². The summed E-state index contributed by atoms with van der Waals surface area (Å²) in [6.07, 6.45) is 3.22. The lowest BCUT2D eigenvalue weighted by atomic mass is 10.1. The lowest BCUT2D eigenvalue weighted by molar-refractivity contribution is -0.684. The number of sulfone groups is 1. The van der Waals surface area contributed by atoms with Crippen LogP contribution in [0.4, 0.5) is 0 Å². The maximum Gasteiger partial charge on any atom is 0.265 e. The first kappa shape index (κ1) is 17.3. The maximum atomic E-state index is 12.1. The molecule has 0 saturated carbocycles. The Morgan fingerprint density at radius 1 is 1.32 bits per heavy atom. The van der Waals surface area contributed by atoms with E-state index in [0.717, 1.165) is 4.47 Å². The standard InChI is InChI=1S/C13H13BrN3O3S.BrH/c14-11-3-1-10(2-4-11)13(18)5-16-8-15-17(9-16)12-6-21(19,20)7-12;/h1-4,8-9,12H,5-7H2;1H/q+1;/p-1. The minimum Gasteiger partial charge on any atom is -1.00 e. The Hall–Kier alpha value is -1.06. The number of carbonyl (C=O) groups is 1. The topological polar surface area (TPSA) is 72.9 Å². The summed E-state index contributed by atoms with van der Waals surface area (Å²) < 4.78 is 26.5. The van der Waals surface area contributed by atoms with Gasteiger partial charge in [-0.05, 0) is 12.1 Å². The molecule has 0 spiro atoms. The summed E-state index contributed by atoms with van der Waals surface area (Å²) >= 11 is 3.33. The molecule has 0 unspecified atom stereocenters. The maximum absolute atomic E-state index is 12.1. The third-order valence-corrected chi connectivity index (χ3v) is 5.67. The molecule has 0 amide bonds. The van der Waals surface area contributed by atoms with Crippen molar-refractivity contribution >= 4 is 31.6 Å². The predicted molar refractivity (Wildman–Crippen MR) is 78.6 cm³/mol. The van der Waals surface area contributed by atoms with Crippen LogP contribution in [0.3, 0.4) is 0 Å². The van der Waals surface area contributed by atoms with Gasteiger partial charge in [0, 0.05) is 15.1 Å². The lowest BCUT2D eigenvalue weighted by Gasteiger charge is -2.20. The van der Waals surface area contributed by atoms with Gasteiger partial charge in [0.05, 0.1) is 11.5 Å². The monoisotopic (exact) mass is 449 g/mol. The second-order valence-corrected chi connectivity index (χ2v) is 8.13. The molecular weight excluding hydrogens is 438 g/mol. The summed E-state index contributed by atoms with van der Waals surface area (Å²) in [6, 6.07) is 7.05. The molecule has 9 heteroatoms. The minimum atomic E-state index is -2.88. The van der Waals surface area contributed by atoms with Gasteiger partial charge in [0.2, 0.25) is 6.33 Å². The summed E-state index contributed by atoms with van der Waals surface area (Å²) in [7, 11) is -2.88. The smallest absolute Gasteiger partial charge is 0.265 e. The Morgan fingerprint density at radius 2 is 1.95 bits per heavy atom. The van der Waals surface area contributed by atoms with Crippen molar-refractivity contribution in [2.75, 3.05) is 11.5 Å². The van der Waals surface area contributed by atoms with Crippen molar-refractivity contribution in [1.82, 2.24) is 9.78 Å². The first-order valence-corrected chi connectivity index (χ1v) is 8.97. The van der Waals surface area contributed by atoms with Crippen LogP contribution in [0.5, 0.6) is 0 Å². The number of hydrogen-bond donors (Lipinski definition) is 0. The largest absolute Gasteiger partial charge is 1.00 e. The van der Waals surface area contributed by atoms with Crippen LogP contribution in [0.1, 0.15) is 16.4 Å². The van der Waals surface area contributed by atoms with Crippen molar-refractivity contribution in [3.63, 3.8) is 0 Å². The summed E-state index contributed by atoms with van der Waals surface area (Å²) in [4.78, 5) is 12.1. The second-order valence-electron chi connectivity index (χ2n) is 5.06. The van der Waals surface area contributed by atoms with E-state index in [-0.39, 0.29) is 46.9 Å². The van der Waals surface area contributed by atoms with Crippen molar-refractivity contribution in [2.24, 2.45) is 0 Å². The van der Waals surface area contributed by atoms with Gasteiger partial charge in [-0.25, -0.2) is 13.0 Å². The highest BCUT2D eigenvalue weighted by Gasteiger charge is 2.39. The van der Waals surface area contributed by atoms with Crippen molar-refractivity contribution in [3.05, 3.63) is 47.0 Å². The van der Waals surface area contributed by atoms with E-state index >= 15 is 0 Å². The summed E-state index contributed by atoms with van der Waals surface area (Å²) in [5, 5.41) is 4.12. The molecule has 22 heavy (non-hydrogen) atoms. The van der Waals surface area contributed by atoms with Gasteiger partial charge in [0.15, 0.2) is 15.6 Å². The number of rotatable bonds is 4. The van der Waals surface area contributed by atoms with Gasteiger partial charge in [0.1, 0.15) is 12.6 Å². The molecule has 6 nitrogen and oxygen atoms in total. The van der Waals surface area contributed by atoms with Gasteiger partial charge in [-0.1, -0.05) is 28.1 Å². The molecule has 0 bridgehead atoms. The molecule has 3 rings (SSSR count). The summed E-state index contributed by atoms with van der Waals surface area (Å²) in [6.45, 7) is 0.182. The van der Waals surface area contributed by atoms with Crippen LogP contribution in [0.25, 0.3) is 0 Å². The van der Waals surface area contributed by atoms with Crippen LogP contribution in [0, 0.1) is 0 Å². The number of aromatic nitrogens is 3. The fourth-order valence-electron chi connectivity index (χ4n) is 2.19. The number of ketones is 1. The van der Waals surface area contributed by atoms with Gasteiger partial charge in [-0.15, -0.1) is 4.68 Å². The molecule has 1 aromatic heterocycles. The number of halogens is 2. The molecule has 0 aliphatic carbocycles. The Morgan fingerprint density at radius 3 is 2.55 bits per heavy atom. The number of carbonyl (C=O) groups excluding carboxylic acids is 1. The van der Waals surface area contributed by atoms with Crippen LogP contribution in [-0.2, 0) is 16.4 Å². The van der Waals surface area contributed by atoms with E-state index in [9.17, 15) is 13.2 Å². The molecule has 0 radical (unpaired) electrons. The van der Waals surface area contributed by atoms with Crippen LogP contribution in [-0.4, -0.2) is 35.5 Å². The fraction of sp³-hybridized carbons (Fsp3) is 0.308. The van der Waals surface area contributed by atoms with E-state index in [1.165, 1.54) is 0 Å². The molecule has 1 saturated heterocycles. The van der Waals surface area contributed by atoms with Crippen LogP contribution < -0.4 is 21.5 Å². The highest BCUT2D eigenvalue weighted by atomic mass is 79.9. The molecule has 2 heterocycles. The van der Waals surface area contributed by atoms with Crippen molar-refractivity contribution in [1.29, 1.82) is 0 Å². The van der Waals surface area contributed by atoms with E-state index in [1.807, 2.05) is 12.1 Å². The van der Waals surface area contributed by atoms with E-state index < -0.39 is 9.84 Å². The van der Waals surface area contributed by atoms with Crippen LogP contribution >= 0.6 is 15.9 Å². The number of Topliss-reactive ketones (excluding diaryl/α,β-unsaturated/α-hetero) is 1. The van der Waals surface area contributed by atoms with Gasteiger partial charge >= 0.3 is 0 Å². The zero-order chi connectivity index (χ0) is 15.0. The third kappa shape index (κ3) is 3.82. The quantitative estimate of drug-likeness (QED) is 0.391. The molecular formula is C13H13Br2N3O3S. The van der Waals surface area contributed by atoms with Crippen LogP contribution in [0.15, 0.2) is 41.4 Å². The highest BCUT2D eigenvalue weighted by Crippen LogP contribution is 2.21. The predicted octanol–water partition coefficient (Wildman–Crippen LogP) is -2.21. The molecule has 0 N–H and O–H groups in total. The molecule has 1 fully saturated rings. The average Bonchev–Trinajstić information content (AvgIpc) is 2.84. The van der Waals surface area contributed by atoms with Crippen molar-refractivity contribution in [2.45, 2.75) is 12.6 Å². The molecule has 118 valence electrons. The van der Waals surface area contributed by atoms with Gasteiger partial charge < -0.3 is 17.0 Å². The summed E-state index contributed by atoms with van der Waals surface area (Å²) in [5.74, 6) is 0.221. The normalized spacial score (nSPS) is 16.6. The number of benzene rings is 1. The number of nitrogens with zero attached hydrogens (tertiary/aromatic N) is 3. The van der Waals surface area contributed by atoms with Crippen molar-refractivity contribution < 1.29 is 34.8 Å². The van der Waals surface area contributed by atoms with Gasteiger partial charge in [-0.2, -0.15) is 0 Å². The van der Waals surface area contributed by atoms with E-state index in [1.54, 1.807) is 34.0 Å². The summed E-state index contributed by atoms with van der Waals surface area (Å²) in [5.41, 5.74) is 0.629. The fourth-order valence-corrected chi connectivity index (χ4v) is 3.84. The zero-order valence-electron chi connectivity index (χ0n) is 11.4. The molecule has 1 aromatic carbocycles. The second kappa shape index (κ2) is 6.59. The Kier molecular flexibility index (Phi) is 5.18. The average molecular weight is 451 g/mol. The van der Waals surface area contributed by atoms with E-state index in [2.05, 4.69) is 21.0 Å². The zero-order valence-corrected chi connectivity index (χ0v) is 15.4. The first-order valence-electron chi connectivity index (χ1n) is 6.35. The highest BCUT2D eigenvalue weighted by molar-refractivity contribution is 9.10. The SMILES string of the molecule is O=C(C[n+]1cnn(C2CS(=O)(=O)C2)c1)c1ccc(Br)cc1.[Br-]. The lowest BCUT2D eigenvalue weighted by Crippen LogP contribution is -3.00. The minimum absolute atomic E-state index is 0. The van der Waals surface area contributed by atoms with Crippen LogP contribution in [0.2, 0.25) is 0 Å². The van der Waals surface area contributed by atoms with E-state index in [0.29, 0.717) is 5.56 Å². The molecule has 0 atom stereocenters. The van der Waals surface area contributed by atoms with Gasteiger partial charge in [0.25, 0.3) is 6.33 Å².